The zero-order chi connectivity index (χ0) is 8.27. The molecule has 0 spiro atoms. The predicted octanol–water partition coefficient (Wildman–Crippen LogP) is 3.70. The molecule has 1 rings (SSSR count). The number of benzene rings is 1. The van der Waals surface area contributed by atoms with Crippen LogP contribution in [0.4, 0.5) is 0 Å². The Labute approximate surface area is 89.0 Å². The standard InChI is InChI=1S/C9H8BrI/c1-7(6-10)8-4-2-3-5-9(8)11/h2-5H,1,6H2. The molecule has 0 aliphatic carbocycles. The summed E-state index contributed by atoms with van der Waals surface area (Å²) >= 11 is 5.70. The Balaban J connectivity index is 3.03. The summed E-state index contributed by atoms with van der Waals surface area (Å²) in [6.07, 6.45) is 0. The van der Waals surface area contributed by atoms with Crippen molar-refractivity contribution in [1.29, 1.82) is 0 Å². The number of halogens is 2. The minimum Gasteiger partial charge on any atom is -0.0943 e. The highest BCUT2D eigenvalue weighted by Crippen LogP contribution is 2.20. The molecule has 58 valence electrons. The fourth-order valence-corrected chi connectivity index (χ4v) is 1.89. The maximum absolute atomic E-state index is 3.95. The summed E-state index contributed by atoms with van der Waals surface area (Å²) in [5.74, 6) is 0. The van der Waals surface area contributed by atoms with Crippen LogP contribution in [0, 0.1) is 3.57 Å². The lowest BCUT2D eigenvalue weighted by atomic mass is 10.1. The van der Waals surface area contributed by atoms with Gasteiger partial charge in [0.15, 0.2) is 0 Å². The summed E-state index contributed by atoms with van der Waals surface area (Å²) in [7, 11) is 0. The van der Waals surface area contributed by atoms with Crippen molar-refractivity contribution in [2.45, 2.75) is 0 Å². The molecule has 0 bridgehead atoms. The molecule has 2 heteroatoms. The van der Waals surface area contributed by atoms with Crippen molar-refractivity contribution in [2.24, 2.45) is 0 Å². The minimum atomic E-state index is 0.840. The molecule has 0 aromatic heterocycles. The Bertz CT molecular complexity index is 268. The monoisotopic (exact) mass is 322 g/mol. The lowest BCUT2D eigenvalue weighted by Gasteiger charge is -2.03. The maximum Gasteiger partial charge on any atom is 0.0283 e. The first-order chi connectivity index (χ1) is 5.25. The quantitative estimate of drug-likeness (QED) is 0.575. The third-order valence-electron chi connectivity index (χ3n) is 1.42. The van der Waals surface area contributed by atoms with Gasteiger partial charge < -0.3 is 0 Å². The van der Waals surface area contributed by atoms with E-state index in [0.717, 1.165) is 10.9 Å². The molecule has 1 aromatic rings. The van der Waals surface area contributed by atoms with Gasteiger partial charge in [-0.25, -0.2) is 0 Å². The number of hydrogen-bond acceptors (Lipinski definition) is 0. The first-order valence-electron chi connectivity index (χ1n) is 3.24. The maximum atomic E-state index is 3.95. The third kappa shape index (κ3) is 2.30. The zero-order valence-corrected chi connectivity index (χ0v) is 9.72. The van der Waals surface area contributed by atoms with E-state index in [2.05, 4.69) is 57.2 Å². The van der Waals surface area contributed by atoms with Gasteiger partial charge in [0.2, 0.25) is 0 Å². The van der Waals surface area contributed by atoms with E-state index >= 15 is 0 Å². The molecule has 0 aliphatic rings. The molecular formula is C9H8BrI. The SMILES string of the molecule is C=C(CBr)c1ccccc1I. The molecule has 0 atom stereocenters. The van der Waals surface area contributed by atoms with Crippen LogP contribution in [0.1, 0.15) is 5.56 Å². The van der Waals surface area contributed by atoms with Gasteiger partial charge in [-0.15, -0.1) is 0 Å². The van der Waals surface area contributed by atoms with E-state index in [1.54, 1.807) is 0 Å². The van der Waals surface area contributed by atoms with Gasteiger partial charge in [0.1, 0.15) is 0 Å². The Morgan fingerprint density at radius 1 is 1.45 bits per heavy atom. The first kappa shape index (κ1) is 9.26. The highest BCUT2D eigenvalue weighted by Gasteiger charge is 1.99. The molecule has 0 nitrogen and oxygen atoms in total. The van der Waals surface area contributed by atoms with Gasteiger partial charge in [-0.05, 0) is 39.8 Å². The Kier molecular flexibility index (Phi) is 3.59. The average Bonchev–Trinajstić information content (AvgIpc) is 2.04. The van der Waals surface area contributed by atoms with Crippen LogP contribution in [0.5, 0.6) is 0 Å². The summed E-state index contributed by atoms with van der Waals surface area (Å²) in [5.41, 5.74) is 2.37. The van der Waals surface area contributed by atoms with Crippen LogP contribution in [0.3, 0.4) is 0 Å². The highest BCUT2D eigenvalue weighted by molar-refractivity contribution is 14.1. The molecule has 0 amide bonds. The van der Waals surface area contributed by atoms with Crippen molar-refractivity contribution in [3.63, 3.8) is 0 Å². The molecular weight excluding hydrogens is 315 g/mol. The Morgan fingerprint density at radius 3 is 2.64 bits per heavy atom. The summed E-state index contributed by atoms with van der Waals surface area (Å²) in [6.45, 7) is 3.95. The van der Waals surface area contributed by atoms with E-state index in [9.17, 15) is 0 Å². The Hall–Kier alpha value is 0.170. The smallest absolute Gasteiger partial charge is 0.0283 e. The second-order valence-corrected chi connectivity index (χ2v) is 3.94. The molecule has 1 aromatic carbocycles. The van der Waals surface area contributed by atoms with Crippen molar-refractivity contribution >= 4 is 44.1 Å². The molecule has 0 saturated heterocycles. The molecule has 0 radical (unpaired) electrons. The average molecular weight is 323 g/mol. The van der Waals surface area contributed by atoms with Gasteiger partial charge in [-0.3, -0.25) is 0 Å². The molecule has 0 unspecified atom stereocenters. The van der Waals surface area contributed by atoms with Crippen LogP contribution >= 0.6 is 38.5 Å². The van der Waals surface area contributed by atoms with Crippen LogP contribution in [0.15, 0.2) is 30.8 Å². The summed E-state index contributed by atoms with van der Waals surface area (Å²) in [5, 5.41) is 0.840. The van der Waals surface area contributed by atoms with Crippen LogP contribution in [0.25, 0.3) is 5.57 Å². The van der Waals surface area contributed by atoms with E-state index in [0.29, 0.717) is 0 Å². The third-order valence-corrected chi connectivity index (χ3v) is 3.03. The summed E-state index contributed by atoms with van der Waals surface area (Å²) < 4.78 is 1.26. The molecule has 0 heterocycles. The zero-order valence-electron chi connectivity index (χ0n) is 5.98. The number of alkyl halides is 1. The topological polar surface area (TPSA) is 0 Å². The second-order valence-electron chi connectivity index (χ2n) is 2.22. The van der Waals surface area contributed by atoms with Gasteiger partial charge in [0.05, 0.1) is 0 Å². The second kappa shape index (κ2) is 4.26. The molecule has 0 N–H and O–H groups in total. The van der Waals surface area contributed by atoms with Crippen molar-refractivity contribution < 1.29 is 0 Å². The van der Waals surface area contributed by atoms with Crippen molar-refractivity contribution in [3.8, 4) is 0 Å². The van der Waals surface area contributed by atoms with E-state index in [1.807, 2.05) is 12.1 Å². The molecule has 11 heavy (non-hydrogen) atoms. The van der Waals surface area contributed by atoms with E-state index < -0.39 is 0 Å². The van der Waals surface area contributed by atoms with Crippen molar-refractivity contribution in [3.05, 3.63) is 40.0 Å². The van der Waals surface area contributed by atoms with Gasteiger partial charge in [0.25, 0.3) is 0 Å². The lowest BCUT2D eigenvalue weighted by Crippen LogP contribution is -1.86. The largest absolute Gasteiger partial charge is 0.0943 e. The number of rotatable bonds is 2. The van der Waals surface area contributed by atoms with Crippen LogP contribution in [-0.2, 0) is 0 Å². The van der Waals surface area contributed by atoms with Crippen LogP contribution in [0.2, 0.25) is 0 Å². The van der Waals surface area contributed by atoms with E-state index in [-0.39, 0.29) is 0 Å². The van der Waals surface area contributed by atoms with Gasteiger partial charge in [-0.1, -0.05) is 40.7 Å². The fraction of sp³-hybridized carbons (Fsp3) is 0.111. The fourth-order valence-electron chi connectivity index (χ4n) is 0.820. The molecule has 0 aliphatic heterocycles. The van der Waals surface area contributed by atoms with E-state index in [1.165, 1.54) is 9.13 Å². The Morgan fingerprint density at radius 2 is 2.09 bits per heavy atom. The highest BCUT2D eigenvalue weighted by atomic mass is 127. The number of hydrogen-bond donors (Lipinski definition) is 0. The van der Waals surface area contributed by atoms with Gasteiger partial charge >= 0.3 is 0 Å². The van der Waals surface area contributed by atoms with Gasteiger partial charge in [-0.2, -0.15) is 0 Å². The summed E-state index contributed by atoms with van der Waals surface area (Å²) in [4.78, 5) is 0. The molecule has 0 fully saturated rings. The minimum absolute atomic E-state index is 0.840. The van der Waals surface area contributed by atoms with Crippen molar-refractivity contribution in [2.75, 3.05) is 5.33 Å². The van der Waals surface area contributed by atoms with E-state index in [4.69, 9.17) is 0 Å². The van der Waals surface area contributed by atoms with Crippen LogP contribution in [-0.4, -0.2) is 5.33 Å². The predicted molar refractivity (Wildman–Crippen MR) is 62.0 cm³/mol. The van der Waals surface area contributed by atoms with Crippen LogP contribution < -0.4 is 0 Å². The summed E-state index contributed by atoms with van der Waals surface area (Å²) in [6, 6.07) is 8.24. The number of allylic oxidation sites excluding steroid dienone is 1. The first-order valence-corrected chi connectivity index (χ1v) is 5.44. The molecule has 0 saturated carbocycles. The lowest BCUT2D eigenvalue weighted by molar-refractivity contribution is 1.54. The normalized spacial score (nSPS) is 9.64. The van der Waals surface area contributed by atoms with Crippen molar-refractivity contribution in [1.82, 2.24) is 0 Å². The van der Waals surface area contributed by atoms with Gasteiger partial charge in [0, 0.05) is 8.90 Å².